The van der Waals surface area contributed by atoms with E-state index in [0.29, 0.717) is 39.1 Å². The number of hydrogen-bond acceptors (Lipinski definition) is 6. The molecule has 0 radical (unpaired) electrons. The molecule has 1 aliphatic rings. The first kappa shape index (κ1) is 21.7. The van der Waals surface area contributed by atoms with E-state index in [4.69, 9.17) is 0 Å². The van der Waals surface area contributed by atoms with Gasteiger partial charge in [0.05, 0.1) is 25.6 Å². The third kappa shape index (κ3) is 3.79. The van der Waals surface area contributed by atoms with Crippen LogP contribution in [0.25, 0.3) is 25.6 Å². The van der Waals surface area contributed by atoms with E-state index < -0.39 is 9.84 Å². The molecule has 7 heteroatoms. The number of aldehydes is 1. The highest BCUT2D eigenvalue weighted by Gasteiger charge is 2.31. The summed E-state index contributed by atoms with van der Waals surface area (Å²) in [5, 5.41) is 10.6. The predicted octanol–water partition coefficient (Wildman–Crippen LogP) is 5.90. The Morgan fingerprint density at radius 2 is 1.47 bits per heavy atom. The minimum Gasteiger partial charge on any atom is -0.298 e. The van der Waals surface area contributed by atoms with E-state index in [1.807, 2.05) is 30.3 Å². The van der Waals surface area contributed by atoms with Gasteiger partial charge in [0, 0.05) is 5.56 Å². The highest BCUT2D eigenvalue weighted by Crippen LogP contribution is 2.41. The maximum absolute atomic E-state index is 13.7. The molecule has 5 nitrogen and oxygen atoms in total. The average molecular weight is 481 g/mol. The van der Waals surface area contributed by atoms with E-state index in [2.05, 4.69) is 11.1 Å². The van der Waals surface area contributed by atoms with Crippen LogP contribution < -0.4 is 0 Å². The number of aromatic nitrogens is 1. The van der Waals surface area contributed by atoms with Gasteiger partial charge in [-0.25, -0.2) is 13.4 Å². The second-order valence-corrected chi connectivity index (χ2v) is 10.5. The van der Waals surface area contributed by atoms with Gasteiger partial charge in [-0.2, -0.15) is 5.26 Å². The number of carbonyl (C=O) groups excluding carboxylic acids is 1. The Kier molecular flexibility index (Phi) is 5.54. The SMILES string of the molecule is N#C/C(=C1/C=C(c2ccccc2)S(=O)(=O)C(c2ccc(C=O)cc2)=C1)c1nc2ccccc2s1. The molecule has 0 saturated carbocycles. The first-order chi connectivity index (χ1) is 16.5. The van der Waals surface area contributed by atoms with Crippen LogP contribution in [-0.2, 0) is 9.84 Å². The minimum atomic E-state index is -3.90. The van der Waals surface area contributed by atoms with E-state index in [1.165, 1.54) is 17.4 Å². The molecule has 4 aromatic rings. The van der Waals surface area contributed by atoms with Crippen molar-refractivity contribution in [1.82, 2.24) is 4.98 Å². The van der Waals surface area contributed by atoms with Crippen molar-refractivity contribution in [2.75, 3.05) is 0 Å². The number of thiazole rings is 1. The number of carbonyl (C=O) groups is 1. The maximum atomic E-state index is 13.7. The normalized spacial score (nSPS) is 16.3. The molecular formula is C27H16N2O3S2. The maximum Gasteiger partial charge on any atom is 0.207 e. The van der Waals surface area contributed by atoms with Gasteiger partial charge in [0.1, 0.15) is 17.4 Å². The Labute approximate surface area is 200 Å². The number of rotatable bonds is 4. The lowest BCUT2D eigenvalue weighted by Crippen LogP contribution is -2.11. The van der Waals surface area contributed by atoms with Crippen LogP contribution in [0, 0.1) is 11.3 Å². The van der Waals surface area contributed by atoms with Gasteiger partial charge in [-0.3, -0.25) is 4.79 Å². The molecule has 0 aliphatic carbocycles. The Balaban J connectivity index is 1.78. The summed E-state index contributed by atoms with van der Waals surface area (Å²) in [6.07, 6.45) is 3.76. The van der Waals surface area contributed by atoms with Crippen LogP contribution in [-0.4, -0.2) is 19.7 Å². The first-order valence-electron chi connectivity index (χ1n) is 10.3. The number of sulfone groups is 1. The second kappa shape index (κ2) is 8.67. The zero-order valence-electron chi connectivity index (χ0n) is 17.7. The van der Waals surface area contributed by atoms with Crippen LogP contribution in [0.4, 0.5) is 0 Å². The van der Waals surface area contributed by atoms with Gasteiger partial charge in [-0.1, -0.05) is 66.7 Å². The lowest BCUT2D eigenvalue weighted by atomic mass is 10.0. The predicted molar refractivity (Wildman–Crippen MR) is 135 cm³/mol. The van der Waals surface area contributed by atoms with Gasteiger partial charge < -0.3 is 0 Å². The fourth-order valence-corrected chi connectivity index (χ4v) is 6.44. The number of fused-ring (bicyclic) bond motifs is 1. The van der Waals surface area contributed by atoms with E-state index >= 15 is 0 Å². The summed E-state index contributed by atoms with van der Waals surface area (Å²) in [4.78, 5) is 15.9. The van der Waals surface area contributed by atoms with Gasteiger partial charge in [-0.15, -0.1) is 11.3 Å². The summed E-state index contributed by atoms with van der Waals surface area (Å²) in [6.45, 7) is 0. The quantitative estimate of drug-likeness (QED) is 0.268. The highest BCUT2D eigenvalue weighted by atomic mass is 32.2. The molecule has 2 heterocycles. The summed E-state index contributed by atoms with van der Waals surface area (Å²) in [6, 6.07) is 25.0. The van der Waals surface area contributed by atoms with Crippen LogP contribution in [0.3, 0.4) is 0 Å². The molecule has 0 unspecified atom stereocenters. The molecule has 0 saturated heterocycles. The molecule has 0 fully saturated rings. The highest BCUT2D eigenvalue weighted by molar-refractivity contribution is 8.09. The van der Waals surface area contributed by atoms with E-state index in [-0.39, 0.29) is 9.81 Å². The summed E-state index contributed by atoms with van der Waals surface area (Å²) < 4.78 is 28.3. The van der Waals surface area contributed by atoms with Gasteiger partial charge >= 0.3 is 0 Å². The third-order valence-electron chi connectivity index (χ3n) is 5.45. The van der Waals surface area contributed by atoms with Gasteiger partial charge in [0.2, 0.25) is 9.84 Å². The zero-order valence-corrected chi connectivity index (χ0v) is 19.3. The monoisotopic (exact) mass is 480 g/mol. The zero-order chi connectivity index (χ0) is 23.7. The van der Waals surface area contributed by atoms with Gasteiger partial charge in [0.25, 0.3) is 0 Å². The Bertz CT molecular complexity index is 1640. The van der Waals surface area contributed by atoms with E-state index in [1.54, 1.807) is 54.6 Å². The molecule has 0 atom stereocenters. The third-order valence-corrected chi connectivity index (χ3v) is 8.37. The van der Waals surface area contributed by atoms with Gasteiger partial charge in [0.15, 0.2) is 0 Å². The molecule has 0 N–H and O–H groups in total. The van der Waals surface area contributed by atoms with Crippen molar-refractivity contribution in [3.05, 3.63) is 118 Å². The molecule has 0 spiro atoms. The molecular weight excluding hydrogens is 464 g/mol. The summed E-state index contributed by atoms with van der Waals surface area (Å²) in [7, 11) is -3.90. The molecule has 34 heavy (non-hydrogen) atoms. The number of nitriles is 1. The van der Waals surface area contributed by atoms with Crippen molar-refractivity contribution >= 4 is 53.1 Å². The summed E-state index contributed by atoms with van der Waals surface area (Å²) in [5.74, 6) is 0. The minimum absolute atomic E-state index is 0.0650. The molecule has 3 aromatic carbocycles. The van der Waals surface area contributed by atoms with Crippen molar-refractivity contribution in [3.8, 4) is 6.07 Å². The lowest BCUT2D eigenvalue weighted by Gasteiger charge is -2.19. The van der Waals surface area contributed by atoms with Crippen LogP contribution in [0.2, 0.25) is 0 Å². The smallest absolute Gasteiger partial charge is 0.207 e. The molecule has 1 aromatic heterocycles. The van der Waals surface area contributed by atoms with Crippen molar-refractivity contribution in [3.63, 3.8) is 0 Å². The largest absolute Gasteiger partial charge is 0.298 e. The van der Waals surface area contributed by atoms with Crippen molar-refractivity contribution in [1.29, 1.82) is 5.26 Å². The van der Waals surface area contributed by atoms with Crippen LogP contribution >= 0.6 is 11.3 Å². The molecule has 0 bridgehead atoms. The fourth-order valence-electron chi connectivity index (χ4n) is 3.76. The molecule has 1 aliphatic heterocycles. The van der Waals surface area contributed by atoms with Crippen molar-refractivity contribution < 1.29 is 13.2 Å². The lowest BCUT2D eigenvalue weighted by molar-refractivity contribution is 0.112. The Morgan fingerprint density at radius 1 is 0.853 bits per heavy atom. The standard InChI is InChI=1S/C27H16N2O3S2/c28-16-22(27-29-23-8-4-5-9-24(23)33-27)21-14-25(19-6-2-1-3-7-19)34(31,32)26(15-21)20-12-10-18(17-30)11-13-20/h1-15,17H/b22-21+. The number of hydrogen-bond donors (Lipinski definition) is 0. The molecule has 5 rings (SSSR count). The van der Waals surface area contributed by atoms with Crippen molar-refractivity contribution in [2.45, 2.75) is 0 Å². The number of para-hydroxylation sites is 1. The fraction of sp³-hybridized carbons (Fsp3) is 0. The van der Waals surface area contributed by atoms with E-state index in [0.717, 1.165) is 10.2 Å². The Morgan fingerprint density at radius 3 is 2.09 bits per heavy atom. The van der Waals surface area contributed by atoms with Crippen molar-refractivity contribution in [2.24, 2.45) is 0 Å². The molecule has 164 valence electrons. The topological polar surface area (TPSA) is 87.9 Å². The molecule has 0 amide bonds. The number of nitrogens with zero attached hydrogens (tertiary/aromatic N) is 2. The second-order valence-electron chi connectivity index (χ2n) is 7.56. The van der Waals surface area contributed by atoms with Gasteiger partial charge in [-0.05, 0) is 41.0 Å². The first-order valence-corrected chi connectivity index (χ1v) is 12.6. The van der Waals surface area contributed by atoms with Crippen LogP contribution in [0.5, 0.6) is 0 Å². The Hall–Kier alpha value is -4.12. The van der Waals surface area contributed by atoms with Crippen LogP contribution in [0.1, 0.15) is 26.5 Å². The summed E-state index contributed by atoms with van der Waals surface area (Å²) in [5.41, 5.74) is 2.94. The number of allylic oxidation sites excluding steroid dienone is 4. The van der Waals surface area contributed by atoms with E-state index in [9.17, 15) is 18.5 Å². The van der Waals surface area contributed by atoms with Crippen LogP contribution in [0.15, 0.2) is 96.6 Å². The number of benzene rings is 3. The summed E-state index contributed by atoms with van der Waals surface area (Å²) >= 11 is 1.38. The average Bonchev–Trinajstić information content (AvgIpc) is 3.29.